The molecule has 0 atom stereocenters. The van der Waals surface area contributed by atoms with Crippen molar-refractivity contribution in [2.75, 3.05) is 0 Å². The standard InChI is InChI=1S/C14H11ClN4O2S/c15-9-1-2-12-18-10(6-19(12)5-9)4-17-14(21)11-3-8(7-22-11)13(16)20/h1-3,5-7H,4H2,(H2,16,20)(H,17,21). The molecule has 3 aromatic heterocycles. The van der Waals surface area contributed by atoms with Gasteiger partial charge in [0.15, 0.2) is 0 Å². The molecule has 0 saturated carbocycles. The molecule has 0 radical (unpaired) electrons. The topological polar surface area (TPSA) is 89.5 Å². The van der Waals surface area contributed by atoms with E-state index >= 15 is 0 Å². The number of hydrogen-bond acceptors (Lipinski definition) is 4. The first kappa shape index (κ1) is 14.6. The van der Waals surface area contributed by atoms with Gasteiger partial charge in [-0.1, -0.05) is 11.6 Å². The van der Waals surface area contributed by atoms with E-state index in [1.807, 2.05) is 0 Å². The molecule has 0 aliphatic heterocycles. The summed E-state index contributed by atoms with van der Waals surface area (Å²) in [5.41, 5.74) is 6.95. The Bertz CT molecular complexity index is 871. The van der Waals surface area contributed by atoms with Crippen LogP contribution in [-0.4, -0.2) is 21.2 Å². The number of carbonyl (C=O) groups excluding carboxylic acids is 2. The second kappa shape index (κ2) is 5.78. The minimum absolute atomic E-state index is 0.271. The summed E-state index contributed by atoms with van der Waals surface area (Å²) in [4.78, 5) is 27.8. The first-order chi connectivity index (χ1) is 10.5. The zero-order valence-electron chi connectivity index (χ0n) is 11.2. The largest absolute Gasteiger partial charge is 0.366 e. The van der Waals surface area contributed by atoms with Crippen molar-refractivity contribution in [2.45, 2.75) is 6.54 Å². The predicted octanol–water partition coefficient (Wildman–Crippen LogP) is 2.08. The molecule has 2 amide bonds. The fourth-order valence-electron chi connectivity index (χ4n) is 1.94. The number of thiophene rings is 1. The average molecular weight is 335 g/mol. The van der Waals surface area contributed by atoms with Gasteiger partial charge in [0.2, 0.25) is 5.91 Å². The van der Waals surface area contributed by atoms with Gasteiger partial charge in [-0.05, 0) is 18.2 Å². The third-order valence-corrected chi connectivity index (χ3v) is 4.16. The van der Waals surface area contributed by atoms with Gasteiger partial charge in [-0.25, -0.2) is 4.98 Å². The summed E-state index contributed by atoms with van der Waals surface area (Å²) in [6.07, 6.45) is 3.54. The smallest absolute Gasteiger partial charge is 0.261 e. The van der Waals surface area contributed by atoms with Crippen molar-refractivity contribution in [1.82, 2.24) is 14.7 Å². The fourth-order valence-corrected chi connectivity index (χ4v) is 2.93. The molecule has 0 unspecified atom stereocenters. The number of aromatic nitrogens is 2. The highest BCUT2D eigenvalue weighted by Gasteiger charge is 2.12. The number of pyridine rings is 1. The second-order valence-corrected chi connectivity index (χ2v) is 5.94. The van der Waals surface area contributed by atoms with Crippen molar-refractivity contribution in [2.24, 2.45) is 5.73 Å². The van der Waals surface area contributed by atoms with Gasteiger partial charge in [0.25, 0.3) is 5.91 Å². The van der Waals surface area contributed by atoms with Crippen LogP contribution < -0.4 is 11.1 Å². The van der Waals surface area contributed by atoms with Crippen LogP contribution in [0.15, 0.2) is 36.0 Å². The molecular weight excluding hydrogens is 324 g/mol. The van der Waals surface area contributed by atoms with E-state index in [-0.39, 0.29) is 12.5 Å². The number of hydrogen-bond donors (Lipinski definition) is 2. The molecule has 112 valence electrons. The Kier molecular flexibility index (Phi) is 3.82. The molecule has 3 rings (SSSR count). The summed E-state index contributed by atoms with van der Waals surface area (Å²) in [7, 11) is 0. The third kappa shape index (κ3) is 2.95. The Labute approximate surface area is 134 Å². The molecule has 0 aliphatic rings. The molecule has 0 fully saturated rings. The van der Waals surface area contributed by atoms with Crippen LogP contribution in [0.1, 0.15) is 25.7 Å². The molecule has 0 aliphatic carbocycles. The zero-order valence-corrected chi connectivity index (χ0v) is 12.8. The number of carbonyl (C=O) groups is 2. The summed E-state index contributed by atoms with van der Waals surface area (Å²) >= 11 is 7.08. The number of halogens is 1. The van der Waals surface area contributed by atoms with E-state index in [2.05, 4.69) is 10.3 Å². The lowest BCUT2D eigenvalue weighted by Gasteiger charge is -1.99. The fraction of sp³-hybridized carbons (Fsp3) is 0.0714. The SMILES string of the molecule is NC(=O)c1csc(C(=O)NCc2cn3cc(Cl)ccc3n2)c1. The number of rotatable bonds is 4. The molecule has 0 spiro atoms. The number of fused-ring (bicyclic) bond motifs is 1. The first-order valence-corrected chi connectivity index (χ1v) is 7.58. The van der Waals surface area contributed by atoms with Crippen LogP contribution in [-0.2, 0) is 6.54 Å². The van der Waals surface area contributed by atoms with Crippen LogP contribution in [0.3, 0.4) is 0 Å². The van der Waals surface area contributed by atoms with Gasteiger partial charge in [0.1, 0.15) is 5.65 Å². The number of amides is 2. The Morgan fingerprint density at radius 2 is 2.18 bits per heavy atom. The van der Waals surface area contributed by atoms with Crippen molar-refractivity contribution >= 4 is 40.4 Å². The van der Waals surface area contributed by atoms with Crippen LogP contribution >= 0.6 is 22.9 Å². The van der Waals surface area contributed by atoms with Crippen molar-refractivity contribution in [3.05, 3.63) is 57.1 Å². The average Bonchev–Trinajstić information content (AvgIpc) is 3.10. The maximum atomic E-state index is 12.0. The van der Waals surface area contributed by atoms with E-state index in [0.29, 0.717) is 21.2 Å². The third-order valence-electron chi connectivity index (χ3n) is 3.00. The summed E-state index contributed by atoms with van der Waals surface area (Å²) in [6.45, 7) is 0.280. The quantitative estimate of drug-likeness (QED) is 0.765. The zero-order chi connectivity index (χ0) is 15.7. The van der Waals surface area contributed by atoms with Crippen LogP contribution in [0.4, 0.5) is 0 Å². The van der Waals surface area contributed by atoms with Crippen LogP contribution in [0.25, 0.3) is 5.65 Å². The lowest BCUT2D eigenvalue weighted by Crippen LogP contribution is -2.22. The van der Waals surface area contributed by atoms with Crippen molar-refractivity contribution < 1.29 is 9.59 Å². The molecule has 3 aromatic rings. The van der Waals surface area contributed by atoms with E-state index in [9.17, 15) is 9.59 Å². The van der Waals surface area contributed by atoms with Crippen molar-refractivity contribution in [3.63, 3.8) is 0 Å². The highest BCUT2D eigenvalue weighted by molar-refractivity contribution is 7.12. The summed E-state index contributed by atoms with van der Waals surface area (Å²) in [5.74, 6) is -0.819. The molecule has 0 saturated heterocycles. The monoisotopic (exact) mass is 334 g/mol. The van der Waals surface area contributed by atoms with Crippen molar-refractivity contribution in [3.8, 4) is 0 Å². The second-order valence-electron chi connectivity index (χ2n) is 4.59. The predicted molar refractivity (Wildman–Crippen MR) is 84.2 cm³/mol. The maximum Gasteiger partial charge on any atom is 0.261 e. The highest BCUT2D eigenvalue weighted by Crippen LogP contribution is 2.15. The first-order valence-electron chi connectivity index (χ1n) is 6.32. The molecule has 3 heterocycles. The molecular formula is C14H11ClN4O2S. The number of nitrogens with one attached hydrogen (secondary N) is 1. The minimum Gasteiger partial charge on any atom is -0.366 e. The lowest BCUT2D eigenvalue weighted by molar-refractivity contribution is 0.0954. The molecule has 0 bridgehead atoms. The Hall–Kier alpha value is -2.38. The van der Waals surface area contributed by atoms with Gasteiger partial charge in [-0.15, -0.1) is 11.3 Å². The van der Waals surface area contributed by atoms with Gasteiger partial charge in [0.05, 0.1) is 27.7 Å². The summed E-state index contributed by atoms with van der Waals surface area (Å²) in [6, 6.07) is 5.03. The van der Waals surface area contributed by atoms with E-state index in [1.54, 1.807) is 34.3 Å². The summed E-state index contributed by atoms with van der Waals surface area (Å²) < 4.78 is 1.79. The Morgan fingerprint density at radius 3 is 2.91 bits per heavy atom. The lowest BCUT2D eigenvalue weighted by atomic mass is 10.3. The maximum absolute atomic E-state index is 12.0. The summed E-state index contributed by atoms with van der Waals surface area (Å²) in [5, 5.41) is 4.92. The normalized spacial score (nSPS) is 10.8. The number of nitrogens with zero attached hydrogens (tertiary/aromatic N) is 2. The van der Waals surface area contributed by atoms with E-state index in [1.165, 1.54) is 17.4 Å². The van der Waals surface area contributed by atoms with E-state index in [4.69, 9.17) is 17.3 Å². The molecule has 22 heavy (non-hydrogen) atoms. The van der Waals surface area contributed by atoms with Crippen LogP contribution in [0.5, 0.6) is 0 Å². The van der Waals surface area contributed by atoms with Gasteiger partial charge >= 0.3 is 0 Å². The van der Waals surface area contributed by atoms with Gasteiger partial charge in [-0.2, -0.15) is 0 Å². The number of imidazole rings is 1. The van der Waals surface area contributed by atoms with Crippen molar-refractivity contribution in [1.29, 1.82) is 0 Å². The van der Waals surface area contributed by atoms with Gasteiger partial charge in [0, 0.05) is 17.8 Å². The van der Waals surface area contributed by atoms with Gasteiger partial charge in [-0.3, -0.25) is 9.59 Å². The van der Waals surface area contributed by atoms with E-state index in [0.717, 1.165) is 5.65 Å². The van der Waals surface area contributed by atoms with E-state index < -0.39 is 5.91 Å². The van der Waals surface area contributed by atoms with Crippen LogP contribution in [0.2, 0.25) is 5.02 Å². The molecule has 3 N–H and O–H groups in total. The highest BCUT2D eigenvalue weighted by atomic mass is 35.5. The van der Waals surface area contributed by atoms with Gasteiger partial charge < -0.3 is 15.5 Å². The minimum atomic E-state index is -0.549. The Balaban J connectivity index is 1.70. The molecule has 6 nitrogen and oxygen atoms in total. The number of nitrogens with two attached hydrogens (primary N) is 1. The molecule has 8 heteroatoms. The Morgan fingerprint density at radius 1 is 1.36 bits per heavy atom. The number of primary amides is 1. The van der Waals surface area contributed by atoms with Crippen LogP contribution in [0, 0.1) is 0 Å². The molecule has 0 aromatic carbocycles.